The number of hydrogen-bond acceptors (Lipinski definition) is 5. The lowest BCUT2D eigenvalue weighted by Crippen LogP contribution is -2.25. The minimum absolute atomic E-state index is 0.172. The minimum atomic E-state index is -0.172. The number of carbonyl (C=O) groups is 1. The monoisotopic (exact) mass is 313 g/mol. The average Bonchev–Trinajstić information content (AvgIpc) is 3.17. The maximum atomic E-state index is 12.1. The van der Waals surface area contributed by atoms with Gasteiger partial charge in [-0.3, -0.25) is 9.78 Å². The molecule has 0 aromatic carbocycles. The fourth-order valence-electron chi connectivity index (χ4n) is 2.00. The van der Waals surface area contributed by atoms with Crippen LogP contribution in [0, 0.1) is 6.92 Å². The summed E-state index contributed by atoms with van der Waals surface area (Å²) in [6.45, 7) is 2.43. The van der Waals surface area contributed by atoms with Crippen LogP contribution in [0.1, 0.15) is 21.8 Å². The van der Waals surface area contributed by atoms with E-state index in [0.29, 0.717) is 23.0 Å². The molecule has 5 nitrogen and oxygen atoms in total. The summed E-state index contributed by atoms with van der Waals surface area (Å²) in [5.41, 5.74) is 1.51. The van der Waals surface area contributed by atoms with Crippen LogP contribution in [0.2, 0.25) is 0 Å². The predicted molar refractivity (Wildman–Crippen MR) is 84.8 cm³/mol. The molecule has 0 bridgehead atoms. The molecule has 3 heterocycles. The van der Waals surface area contributed by atoms with Gasteiger partial charge in [-0.15, -0.1) is 11.3 Å². The Morgan fingerprint density at radius 1 is 1.36 bits per heavy atom. The third kappa shape index (κ3) is 3.40. The van der Waals surface area contributed by atoms with Crippen LogP contribution in [-0.2, 0) is 6.42 Å². The Labute approximate surface area is 132 Å². The standard InChI is InChI=1S/C16H15N3O2S/c1-11-4-5-14(21-11)16-19-13(10-22-16)15(20)18-8-6-12-3-2-7-17-9-12/h2-5,7,9-10H,6,8H2,1H3,(H,18,20). The predicted octanol–water partition coefficient (Wildman–Crippen LogP) is 3.08. The molecule has 3 aromatic heterocycles. The molecule has 0 saturated carbocycles. The summed E-state index contributed by atoms with van der Waals surface area (Å²) in [5.74, 6) is 1.35. The SMILES string of the molecule is Cc1ccc(-c2nc(C(=O)NCCc3cccnc3)cs2)o1. The zero-order valence-corrected chi connectivity index (χ0v) is 12.9. The lowest BCUT2D eigenvalue weighted by atomic mass is 10.2. The normalized spacial score (nSPS) is 10.6. The molecule has 0 saturated heterocycles. The number of carbonyl (C=O) groups excluding carboxylic acids is 1. The molecule has 0 radical (unpaired) electrons. The van der Waals surface area contributed by atoms with E-state index in [-0.39, 0.29) is 5.91 Å². The Morgan fingerprint density at radius 3 is 3.00 bits per heavy atom. The highest BCUT2D eigenvalue weighted by Gasteiger charge is 2.13. The number of thiazole rings is 1. The average molecular weight is 313 g/mol. The highest BCUT2D eigenvalue weighted by atomic mass is 32.1. The van der Waals surface area contributed by atoms with Crippen LogP contribution < -0.4 is 5.32 Å². The summed E-state index contributed by atoms with van der Waals surface area (Å²) in [5, 5.41) is 5.32. The summed E-state index contributed by atoms with van der Waals surface area (Å²) in [6, 6.07) is 7.61. The summed E-state index contributed by atoms with van der Waals surface area (Å²) in [6.07, 6.45) is 4.27. The minimum Gasteiger partial charge on any atom is -0.459 e. The van der Waals surface area contributed by atoms with Crippen LogP contribution in [0.4, 0.5) is 0 Å². The third-order valence-corrected chi connectivity index (χ3v) is 3.97. The molecule has 0 unspecified atom stereocenters. The van der Waals surface area contributed by atoms with Gasteiger partial charge in [-0.1, -0.05) is 6.07 Å². The molecule has 1 amide bonds. The van der Waals surface area contributed by atoms with E-state index in [1.807, 2.05) is 31.2 Å². The van der Waals surface area contributed by atoms with Gasteiger partial charge in [0.1, 0.15) is 11.5 Å². The number of nitrogens with one attached hydrogen (secondary N) is 1. The number of pyridine rings is 1. The smallest absolute Gasteiger partial charge is 0.270 e. The summed E-state index contributed by atoms with van der Waals surface area (Å²) in [4.78, 5) is 20.4. The van der Waals surface area contributed by atoms with Crippen molar-refractivity contribution < 1.29 is 9.21 Å². The van der Waals surface area contributed by atoms with Gasteiger partial charge < -0.3 is 9.73 Å². The van der Waals surface area contributed by atoms with Crippen molar-refractivity contribution >= 4 is 17.2 Å². The van der Waals surface area contributed by atoms with Gasteiger partial charge in [0.2, 0.25) is 0 Å². The number of rotatable bonds is 5. The van der Waals surface area contributed by atoms with Gasteiger partial charge in [-0.2, -0.15) is 0 Å². The van der Waals surface area contributed by atoms with Crippen molar-refractivity contribution in [2.45, 2.75) is 13.3 Å². The van der Waals surface area contributed by atoms with Crippen molar-refractivity contribution in [3.05, 3.63) is 59.1 Å². The zero-order valence-electron chi connectivity index (χ0n) is 12.1. The topological polar surface area (TPSA) is 68.0 Å². The molecule has 3 rings (SSSR count). The highest BCUT2D eigenvalue weighted by molar-refractivity contribution is 7.13. The van der Waals surface area contributed by atoms with Crippen molar-refractivity contribution in [2.75, 3.05) is 6.54 Å². The van der Waals surface area contributed by atoms with Gasteiger partial charge in [0.25, 0.3) is 5.91 Å². The highest BCUT2D eigenvalue weighted by Crippen LogP contribution is 2.25. The Bertz CT molecular complexity index is 765. The molecule has 112 valence electrons. The first-order valence-corrected chi connectivity index (χ1v) is 7.80. The molecule has 0 aliphatic rings. The molecule has 1 N–H and O–H groups in total. The molecular formula is C16H15N3O2S. The van der Waals surface area contributed by atoms with E-state index in [0.717, 1.165) is 17.7 Å². The van der Waals surface area contributed by atoms with Crippen LogP contribution in [0.25, 0.3) is 10.8 Å². The van der Waals surface area contributed by atoms with Crippen LogP contribution >= 0.6 is 11.3 Å². The van der Waals surface area contributed by atoms with Gasteiger partial charge in [0.05, 0.1) is 0 Å². The molecule has 22 heavy (non-hydrogen) atoms. The fourth-order valence-corrected chi connectivity index (χ4v) is 2.76. The number of furan rings is 1. The quantitative estimate of drug-likeness (QED) is 0.786. The van der Waals surface area contributed by atoms with E-state index in [1.54, 1.807) is 17.8 Å². The van der Waals surface area contributed by atoms with E-state index in [4.69, 9.17) is 4.42 Å². The van der Waals surface area contributed by atoms with Crippen molar-refractivity contribution in [1.29, 1.82) is 0 Å². The van der Waals surface area contributed by atoms with Gasteiger partial charge in [-0.05, 0) is 37.1 Å². The van der Waals surface area contributed by atoms with Crippen LogP contribution in [0.5, 0.6) is 0 Å². The van der Waals surface area contributed by atoms with Gasteiger partial charge in [0, 0.05) is 24.3 Å². The number of nitrogens with zero attached hydrogens (tertiary/aromatic N) is 2. The molecule has 0 spiro atoms. The Balaban J connectivity index is 1.58. The number of aromatic nitrogens is 2. The lowest BCUT2D eigenvalue weighted by Gasteiger charge is -2.02. The Morgan fingerprint density at radius 2 is 2.27 bits per heavy atom. The van der Waals surface area contributed by atoms with E-state index in [9.17, 15) is 4.79 Å². The maximum Gasteiger partial charge on any atom is 0.270 e. The largest absolute Gasteiger partial charge is 0.459 e. The van der Waals surface area contributed by atoms with E-state index < -0.39 is 0 Å². The third-order valence-electron chi connectivity index (χ3n) is 3.11. The molecule has 0 aliphatic heterocycles. The summed E-state index contributed by atoms with van der Waals surface area (Å²) >= 11 is 1.40. The van der Waals surface area contributed by atoms with E-state index in [2.05, 4.69) is 15.3 Å². The number of aryl methyl sites for hydroxylation is 1. The lowest BCUT2D eigenvalue weighted by molar-refractivity contribution is 0.0950. The van der Waals surface area contributed by atoms with Gasteiger partial charge in [-0.25, -0.2) is 4.98 Å². The number of amides is 1. The van der Waals surface area contributed by atoms with Crippen molar-refractivity contribution in [3.8, 4) is 10.8 Å². The van der Waals surface area contributed by atoms with Crippen molar-refractivity contribution in [3.63, 3.8) is 0 Å². The first-order valence-electron chi connectivity index (χ1n) is 6.92. The second-order valence-electron chi connectivity index (χ2n) is 4.82. The van der Waals surface area contributed by atoms with Crippen LogP contribution in [-0.4, -0.2) is 22.4 Å². The molecule has 0 aliphatic carbocycles. The van der Waals surface area contributed by atoms with E-state index >= 15 is 0 Å². The van der Waals surface area contributed by atoms with Crippen LogP contribution in [0.15, 0.2) is 46.5 Å². The molecule has 6 heteroatoms. The van der Waals surface area contributed by atoms with Gasteiger partial charge in [0.15, 0.2) is 10.8 Å². The van der Waals surface area contributed by atoms with E-state index in [1.165, 1.54) is 11.3 Å². The molecule has 0 fully saturated rings. The number of hydrogen-bond donors (Lipinski definition) is 1. The summed E-state index contributed by atoms with van der Waals surface area (Å²) in [7, 11) is 0. The maximum absolute atomic E-state index is 12.1. The molecule has 3 aromatic rings. The Hall–Kier alpha value is -2.47. The Kier molecular flexibility index (Phi) is 4.29. The second kappa shape index (κ2) is 6.53. The van der Waals surface area contributed by atoms with Crippen LogP contribution in [0.3, 0.4) is 0 Å². The van der Waals surface area contributed by atoms with Crippen molar-refractivity contribution in [2.24, 2.45) is 0 Å². The van der Waals surface area contributed by atoms with Gasteiger partial charge >= 0.3 is 0 Å². The first kappa shape index (κ1) is 14.5. The second-order valence-corrected chi connectivity index (χ2v) is 5.67. The summed E-state index contributed by atoms with van der Waals surface area (Å²) < 4.78 is 5.51. The first-order chi connectivity index (χ1) is 10.7. The molecule has 0 atom stereocenters. The molecular weight excluding hydrogens is 298 g/mol. The zero-order chi connectivity index (χ0) is 15.4. The van der Waals surface area contributed by atoms with Crippen molar-refractivity contribution in [1.82, 2.24) is 15.3 Å². The fraction of sp³-hybridized carbons (Fsp3) is 0.188.